The second-order valence-corrected chi connectivity index (χ2v) is 6.55. The molecule has 1 aliphatic heterocycles. The van der Waals surface area contributed by atoms with Crippen LogP contribution in [0.5, 0.6) is 0 Å². The van der Waals surface area contributed by atoms with E-state index in [9.17, 15) is 18.3 Å². The van der Waals surface area contributed by atoms with Gasteiger partial charge in [0.15, 0.2) is 15.5 Å². The SMILES string of the molecule is CCOC(=O)c1nnn(C2CS(=O)(=O)CC2O)c1C. The Labute approximate surface area is 110 Å². The molecule has 2 atom stereocenters. The Bertz CT molecular complexity index is 594. The lowest BCUT2D eigenvalue weighted by Gasteiger charge is -2.14. The van der Waals surface area contributed by atoms with Crippen molar-refractivity contribution in [3.05, 3.63) is 11.4 Å². The summed E-state index contributed by atoms with van der Waals surface area (Å²) in [6, 6.07) is -0.708. The average Bonchev–Trinajstić information content (AvgIpc) is 2.79. The number of aliphatic hydroxyl groups is 1. The van der Waals surface area contributed by atoms with E-state index in [0.29, 0.717) is 5.69 Å². The van der Waals surface area contributed by atoms with Crippen LogP contribution in [0.1, 0.15) is 29.1 Å². The first kappa shape index (κ1) is 13.9. The van der Waals surface area contributed by atoms with Crippen LogP contribution >= 0.6 is 0 Å². The summed E-state index contributed by atoms with van der Waals surface area (Å²) in [5.41, 5.74) is 0.429. The average molecular weight is 289 g/mol. The summed E-state index contributed by atoms with van der Waals surface area (Å²) in [6.45, 7) is 3.47. The molecule has 2 unspecified atom stereocenters. The van der Waals surface area contributed by atoms with E-state index in [4.69, 9.17) is 4.74 Å². The molecule has 0 bridgehead atoms. The first-order valence-corrected chi connectivity index (χ1v) is 7.65. The monoisotopic (exact) mass is 289 g/mol. The molecular formula is C10H15N3O5S. The number of carbonyl (C=O) groups is 1. The summed E-state index contributed by atoms with van der Waals surface area (Å²) in [5.74, 6) is -1.12. The predicted octanol–water partition coefficient (Wildman–Crippen LogP) is -0.906. The fraction of sp³-hybridized carbons (Fsp3) is 0.700. The van der Waals surface area contributed by atoms with Crippen molar-refractivity contribution in [1.29, 1.82) is 0 Å². The van der Waals surface area contributed by atoms with Gasteiger partial charge in [-0.1, -0.05) is 5.21 Å². The summed E-state index contributed by atoms with van der Waals surface area (Å²) < 4.78 is 29.0. The van der Waals surface area contributed by atoms with Crippen molar-refractivity contribution >= 4 is 15.8 Å². The van der Waals surface area contributed by atoms with E-state index in [2.05, 4.69) is 10.3 Å². The minimum Gasteiger partial charge on any atom is -0.461 e. The van der Waals surface area contributed by atoms with Crippen LogP contribution in [0, 0.1) is 6.92 Å². The molecule has 0 amide bonds. The first-order valence-electron chi connectivity index (χ1n) is 5.83. The highest BCUT2D eigenvalue weighted by molar-refractivity contribution is 7.91. The van der Waals surface area contributed by atoms with Gasteiger partial charge in [0, 0.05) is 0 Å². The van der Waals surface area contributed by atoms with Gasteiger partial charge in [0.05, 0.1) is 36.0 Å². The van der Waals surface area contributed by atoms with Gasteiger partial charge in [-0.15, -0.1) is 5.10 Å². The van der Waals surface area contributed by atoms with Crippen LogP contribution < -0.4 is 0 Å². The number of rotatable bonds is 3. The molecule has 2 rings (SSSR count). The molecule has 0 aromatic carbocycles. The smallest absolute Gasteiger partial charge is 0.360 e. The number of aromatic nitrogens is 3. The molecular weight excluding hydrogens is 274 g/mol. The Morgan fingerprint density at radius 3 is 2.74 bits per heavy atom. The number of hydrogen-bond acceptors (Lipinski definition) is 7. The molecule has 0 spiro atoms. The molecule has 2 heterocycles. The molecule has 1 aliphatic rings. The number of esters is 1. The second-order valence-electron chi connectivity index (χ2n) is 4.40. The van der Waals surface area contributed by atoms with Crippen molar-refractivity contribution in [3.63, 3.8) is 0 Å². The zero-order chi connectivity index (χ0) is 14.2. The number of aliphatic hydroxyl groups excluding tert-OH is 1. The number of carbonyl (C=O) groups excluding carboxylic acids is 1. The van der Waals surface area contributed by atoms with Crippen molar-refractivity contribution < 1.29 is 23.1 Å². The summed E-state index contributed by atoms with van der Waals surface area (Å²) in [6.07, 6.45) is -1.04. The zero-order valence-electron chi connectivity index (χ0n) is 10.6. The largest absolute Gasteiger partial charge is 0.461 e. The zero-order valence-corrected chi connectivity index (χ0v) is 11.4. The maximum Gasteiger partial charge on any atom is 0.360 e. The quantitative estimate of drug-likeness (QED) is 0.717. The van der Waals surface area contributed by atoms with Crippen molar-refractivity contribution in [1.82, 2.24) is 15.0 Å². The van der Waals surface area contributed by atoms with E-state index in [1.165, 1.54) is 4.68 Å². The fourth-order valence-electron chi connectivity index (χ4n) is 2.09. The van der Waals surface area contributed by atoms with Gasteiger partial charge in [0.25, 0.3) is 0 Å². The standard InChI is InChI=1S/C10H15N3O5S/c1-3-18-10(15)9-6(2)13(12-11-9)7-4-19(16,17)5-8(7)14/h7-8,14H,3-5H2,1-2H3. The van der Waals surface area contributed by atoms with Crippen LogP contribution in [0.4, 0.5) is 0 Å². The molecule has 0 aliphatic carbocycles. The van der Waals surface area contributed by atoms with Gasteiger partial charge in [-0.05, 0) is 13.8 Å². The van der Waals surface area contributed by atoms with E-state index in [0.717, 1.165) is 0 Å². The third-order valence-corrected chi connectivity index (χ3v) is 4.70. The Morgan fingerprint density at radius 2 is 2.21 bits per heavy atom. The molecule has 0 saturated carbocycles. The maximum absolute atomic E-state index is 11.6. The summed E-state index contributed by atoms with van der Waals surface area (Å²) >= 11 is 0. The van der Waals surface area contributed by atoms with Crippen LogP contribution in [0.2, 0.25) is 0 Å². The third-order valence-electron chi connectivity index (χ3n) is 3.00. The lowest BCUT2D eigenvalue weighted by Crippen LogP contribution is -2.24. The van der Waals surface area contributed by atoms with E-state index in [1.807, 2.05) is 0 Å². The van der Waals surface area contributed by atoms with E-state index < -0.39 is 28.0 Å². The Kier molecular flexibility index (Phi) is 3.59. The molecule has 1 N–H and O–H groups in total. The minimum absolute atomic E-state index is 0.0401. The summed E-state index contributed by atoms with van der Waals surface area (Å²) in [5, 5.41) is 17.2. The van der Waals surface area contributed by atoms with E-state index in [-0.39, 0.29) is 23.8 Å². The molecule has 1 saturated heterocycles. The van der Waals surface area contributed by atoms with Crippen LogP contribution in [-0.2, 0) is 14.6 Å². The molecule has 1 aromatic rings. The van der Waals surface area contributed by atoms with Gasteiger partial charge in [0.1, 0.15) is 0 Å². The van der Waals surface area contributed by atoms with Crippen molar-refractivity contribution in [3.8, 4) is 0 Å². The van der Waals surface area contributed by atoms with Crippen molar-refractivity contribution in [2.75, 3.05) is 18.1 Å². The minimum atomic E-state index is -3.29. The van der Waals surface area contributed by atoms with Gasteiger partial charge in [-0.3, -0.25) is 0 Å². The Hall–Kier alpha value is -1.48. The van der Waals surface area contributed by atoms with Gasteiger partial charge in [0.2, 0.25) is 0 Å². The van der Waals surface area contributed by atoms with Crippen molar-refractivity contribution in [2.24, 2.45) is 0 Å². The summed E-state index contributed by atoms with van der Waals surface area (Å²) in [4.78, 5) is 11.6. The fourth-order valence-corrected chi connectivity index (χ4v) is 3.85. The molecule has 8 nitrogen and oxygen atoms in total. The number of nitrogens with zero attached hydrogens (tertiary/aromatic N) is 3. The maximum atomic E-state index is 11.6. The van der Waals surface area contributed by atoms with Gasteiger partial charge in [-0.25, -0.2) is 17.9 Å². The van der Waals surface area contributed by atoms with E-state index >= 15 is 0 Å². The molecule has 106 valence electrons. The number of ether oxygens (including phenoxy) is 1. The van der Waals surface area contributed by atoms with Crippen molar-refractivity contribution in [2.45, 2.75) is 26.0 Å². The van der Waals surface area contributed by atoms with Crippen LogP contribution in [0.3, 0.4) is 0 Å². The summed E-state index contributed by atoms with van der Waals surface area (Å²) in [7, 11) is -3.29. The normalized spacial score (nSPS) is 25.4. The Morgan fingerprint density at radius 1 is 1.53 bits per heavy atom. The van der Waals surface area contributed by atoms with Crippen LogP contribution in [0.25, 0.3) is 0 Å². The topological polar surface area (TPSA) is 111 Å². The highest BCUT2D eigenvalue weighted by Gasteiger charge is 2.39. The van der Waals surface area contributed by atoms with Gasteiger partial charge >= 0.3 is 5.97 Å². The third kappa shape index (κ3) is 2.61. The molecule has 1 aromatic heterocycles. The highest BCUT2D eigenvalue weighted by Crippen LogP contribution is 2.25. The van der Waals surface area contributed by atoms with Crippen LogP contribution in [0.15, 0.2) is 0 Å². The molecule has 19 heavy (non-hydrogen) atoms. The number of sulfone groups is 1. The van der Waals surface area contributed by atoms with Crippen LogP contribution in [-0.4, -0.2) is 58.7 Å². The number of hydrogen-bond donors (Lipinski definition) is 1. The predicted molar refractivity (Wildman–Crippen MR) is 64.4 cm³/mol. The first-order chi connectivity index (χ1) is 8.85. The molecule has 0 radical (unpaired) electrons. The molecule has 9 heteroatoms. The lowest BCUT2D eigenvalue weighted by atomic mass is 10.2. The highest BCUT2D eigenvalue weighted by atomic mass is 32.2. The van der Waals surface area contributed by atoms with E-state index in [1.54, 1.807) is 13.8 Å². The lowest BCUT2D eigenvalue weighted by molar-refractivity contribution is 0.0518. The van der Waals surface area contributed by atoms with Gasteiger partial charge < -0.3 is 9.84 Å². The molecule has 1 fully saturated rings. The van der Waals surface area contributed by atoms with Gasteiger partial charge in [-0.2, -0.15) is 0 Å². The Balaban J connectivity index is 2.30. The second kappa shape index (κ2) is 4.89.